The number of piperidine rings is 3. The molecule has 1 aromatic heterocycles. The molecular weight excluding hydrogens is 366 g/mol. The number of nitrogens with zero attached hydrogens (tertiary/aromatic N) is 3. The van der Waals surface area contributed by atoms with E-state index in [-0.39, 0.29) is 17.7 Å². The van der Waals surface area contributed by atoms with Gasteiger partial charge < -0.3 is 15.1 Å². The van der Waals surface area contributed by atoms with Crippen LogP contribution in [0.15, 0.2) is 18.3 Å². The van der Waals surface area contributed by atoms with E-state index in [4.69, 9.17) is 0 Å². The third kappa shape index (κ3) is 4.95. The standard InChI is InChI=1S/C22H33N5O2/c1-26(18-8-12-27(13-9-18)15-16-6-10-23-11-7-16)20-4-2-17(14-24-20)19-3-5-21(28)25-22(19)29/h2,4,14,16,18-19,23H,3,5-13,15H2,1H3,(H,25,28,29). The van der Waals surface area contributed by atoms with Gasteiger partial charge in [0, 0.05) is 45.3 Å². The minimum Gasteiger partial charge on any atom is -0.357 e. The first kappa shape index (κ1) is 20.3. The zero-order valence-corrected chi connectivity index (χ0v) is 17.4. The Morgan fingerprint density at radius 3 is 2.52 bits per heavy atom. The lowest BCUT2D eigenvalue weighted by atomic mass is 9.91. The topological polar surface area (TPSA) is 77.6 Å². The molecule has 7 heteroatoms. The summed E-state index contributed by atoms with van der Waals surface area (Å²) in [5, 5.41) is 5.88. The predicted molar refractivity (Wildman–Crippen MR) is 113 cm³/mol. The maximum absolute atomic E-state index is 12.1. The molecule has 3 saturated heterocycles. The summed E-state index contributed by atoms with van der Waals surface area (Å²) in [6, 6.07) is 4.51. The fourth-order valence-electron chi connectivity index (χ4n) is 4.93. The molecule has 4 heterocycles. The quantitative estimate of drug-likeness (QED) is 0.731. The Kier molecular flexibility index (Phi) is 6.45. The van der Waals surface area contributed by atoms with E-state index in [9.17, 15) is 9.59 Å². The molecule has 0 bridgehead atoms. The van der Waals surface area contributed by atoms with Crippen LogP contribution >= 0.6 is 0 Å². The van der Waals surface area contributed by atoms with Crippen molar-refractivity contribution in [1.29, 1.82) is 0 Å². The number of pyridine rings is 1. The van der Waals surface area contributed by atoms with Gasteiger partial charge in [-0.3, -0.25) is 14.9 Å². The number of carbonyl (C=O) groups is 2. The molecule has 0 spiro atoms. The Morgan fingerprint density at radius 2 is 1.86 bits per heavy atom. The Labute approximate surface area is 173 Å². The van der Waals surface area contributed by atoms with Crippen molar-refractivity contribution in [3.05, 3.63) is 23.9 Å². The van der Waals surface area contributed by atoms with Gasteiger partial charge in [0.05, 0.1) is 5.92 Å². The highest BCUT2D eigenvalue weighted by molar-refractivity contribution is 6.00. The first-order valence-electron chi connectivity index (χ1n) is 11.1. The molecule has 158 valence electrons. The lowest BCUT2D eigenvalue weighted by Gasteiger charge is -2.39. The second kappa shape index (κ2) is 9.22. The van der Waals surface area contributed by atoms with Crippen molar-refractivity contribution in [2.45, 2.75) is 50.5 Å². The monoisotopic (exact) mass is 399 g/mol. The van der Waals surface area contributed by atoms with Gasteiger partial charge in [-0.25, -0.2) is 4.98 Å². The predicted octanol–water partition coefficient (Wildman–Crippen LogP) is 1.50. The Hall–Kier alpha value is -1.99. The van der Waals surface area contributed by atoms with Gasteiger partial charge in [0.25, 0.3) is 0 Å². The van der Waals surface area contributed by atoms with Crippen LogP contribution in [0.4, 0.5) is 5.82 Å². The zero-order chi connectivity index (χ0) is 20.2. The Bertz CT molecular complexity index is 708. The molecule has 29 heavy (non-hydrogen) atoms. The summed E-state index contributed by atoms with van der Waals surface area (Å²) in [6.45, 7) is 5.91. The second-order valence-corrected chi connectivity index (χ2v) is 8.79. The number of carbonyl (C=O) groups excluding carboxylic acids is 2. The first-order valence-corrected chi connectivity index (χ1v) is 11.1. The van der Waals surface area contributed by atoms with Crippen molar-refractivity contribution in [3.8, 4) is 0 Å². The summed E-state index contributed by atoms with van der Waals surface area (Å²) in [5.41, 5.74) is 0.893. The average molecular weight is 400 g/mol. The molecule has 3 aliphatic rings. The molecule has 1 unspecified atom stereocenters. The van der Waals surface area contributed by atoms with Crippen molar-refractivity contribution in [3.63, 3.8) is 0 Å². The maximum Gasteiger partial charge on any atom is 0.234 e. The first-order chi connectivity index (χ1) is 14.1. The summed E-state index contributed by atoms with van der Waals surface area (Å²) in [5.74, 6) is 1.16. The number of amides is 2. The second-order valence-electron chi connectivity index (χ2n) is 8.79. The minimum atomic E-state index is -0.266. The molecule has 7 nitrogen and oxygen atoms in total. The van der Waals surface area contributed by atoms with Crippen molar-refractivity contribution >= 4 is 17.6 Å². The summed E-state index contributed by atoms with van der Waals surface area (Å²) in [4.78, 5) is 33.0. The van der Waals surface area contributed by atoms with E-state index in [1.54, 1.807) is 6.20 Å². The number of hydrogen-bond acceptors (Lipinski definition) is 6. The zero-order valence-electron chi connectivity index (χ0n) is 17.4. The fourth-order valence-corrected chi connectivity index (χ4v) is 4.93. The molecule has 2 N–H and O–H groups in total. The van der Waals surface area contributed by atoms with Gasteiger partial charge in [-0.1, -0.05) is 6.07 Å². The fraction of sp³-hybridized carbons (Fsp3) is 0.682. The molecule has 3 fully saturated rings. The maximum atomic E-state index is 12.1. The van der Waals surface area contributed by atoms with Gasteiger partial charge in [0.15, 0.2) is 0 Å². The van der Waals surface area contributed by atoms with Crippen LogP contribution in [0, 0.1) is 5.92 Å². The largest absolute Gasteiger partial charge is 0.357 e. The number of anilines is 1. The summed E-state index contributed by atoms with van der Waals surface area (Å²) in [7, 11) is 2.13. The third-order valence-corrected chi connectivity index (χ3v) is 6.85. The number of rotatable bonds is 5. The molecule has 0 aromatic carbocycles. The number of hydrogen-bond donors (Lipinski definition) is 2. The van der Waals surface area contributed by atoms with E-state index >= 15 is 0 Å². The molecule has 1 atom stereocenters. The van der Waals surface area contributed by atoms with Crippen LogP contribution < -0.4 is 15.5 Å². The minimum absolute atomic E-state index is 0.179. The van der Waals surface area contributed by atoms with Gasteiger partial charge in [0.1, 0.15) is 5.82 Å². The Morgan fingerprint density at radius 1 is 1.10 bits per heavy atom. The molecule has 2 amide bonds. The van der Waals surface area contributed by atoms with Crippen LogP contribution in [-0.4, -0.2) is 67.5 Å². The molecule has 0 radical (unpaired) electrons. The molecule has 0 saturated carbocycles. The average Bonchev–Trinajstić information content (AvgIpc) is 2.75. The van der Waals surface area contributed by atoms with E-state index in [2.05, 4.69) is 32.5 Å². The highest BCUT2D eigenvalue weighted by atomic mass is 16.2. The van der Waals surface area contributed by atoms with Crippen molar-refractivity contribution in [2.75, 3.05) is 44.7 Å². The summed E-state index contributed by atoms with van der Waals surface area (Å²) in [6.07, 6.45) is 7.71. The number of imide groups is 1. The number of aromatic nitrogens is 1. The Balaban J connectivity index is 1.29. The van der Waals surface area contributed by atoms with E-state index in [1.807, 2.05) is 12.1 Å². The highest BCUT2D eigenvalue weighted by Gasteiger charge is 2.29. The van der Waals surface area contributed by atoms with E-state index in [1.165, 1.54) is 32.5 Å². The molecule has 1 aromatic rings. The van der Waals surface area contributed by atoms with Crippen LogP contribution in [0.5, 0.6) is 0 Å². The lowest BCUT2D eigenvalue weighted by molar-refractivity contribution is -0.134. The van der Waals surface area contributed by atoms with Crippen molar-refractivity contribution < 1.29 is 9.59 Å². The van der Waals surface area contributed by atoms with Gasteiger partial charge in [-0.2, -0.15) is 0 Å². The molecule has 4 rings (SSSR count). The number of likely N-dealkylation sites (tertiary alicyclic amines) is 1. The molecule has 3 aliphatic heterocycles. The smallest absolute Gasteiger partial charge is 0.234 e. The lowest BCUT2D eigenvalue weighted by Crippen LogP contribution is -2.46. The van der Waals surface area contributed by atoms with Gasteiger partial charge in [-0.05, 0) is 62.7 Å². The third-order valence-electron chi connectivity index (χ3n) is 6.85. The van der Waals surface area contributed by atoms with Crippen molar-refractivity contribution in [2.24, 2.45) is 5.92 Å². The van der Waals surface area contributed by atoms with Crippen LogP contribution in [0.25, 0.3) is 0 Å². The summed E-state index contributed by atoms with van der Waals surface area (Å²) >= 11 is 0. The van der Waals surface area contributed by atoms with Gasteiger partial charge >= 0.3 is 0 Å². The van der Waals surface area contributed by atoms with Gasteiger partial charge in [-0.15, -0.1) is 0 Å². The van der Waals surface area contributed by atoms with Crippen LogP contribution in [0.3, 0.4) is 0 Å². The SMILES string of the molecule is CN(c1ccc(C2CCC(=O)NC2=O)cn1)C1CCN(CC2CCNCC2)CC1. The number of nitrogens with one attached hydrogen (secondary N) is 2. The van der Waals surface area contributed by atoms with Crippen LogP contribution in [0.2, 0.25) is 0 Å². The normalized spacial score (nSPS) is 25.1. The molecular formula is C22H33N5O2. The van der Waals surface area contributed by atoms with E-state index in [0.29, 0.717) is 18.9 Å². The van der Waals surface area contributed by atoms with Crippen molar-refractivity contribution in [1.82, 2.24) is 20.5 Å². The highest BCUT2D eigenvalue weighted by Crippen LogP contribution is 2.27. The van der Waals surface area contributed by atoms with Gasteiger partial charge in [0.2, 0.25) is 11.8 Å². The van der Waals surface area contributed by atoms with Crippen LogP contribution in [-0.2, 0) is 9.59 Å². The molecule has 0 aliphatic carbocycles. The van der Waals surface area contributed by atoms with Crippen LogP contribution in [0.1, 0.15) is 50.0 Å². The summed E-state index contributed by atoms with van der Waals surface area (Å²) < 4.78 is 0. The van der Waals surface area contributed by atoms with E-state index in [0.717, 1.165) is 43.2 Å². The van der Waals surface area contributed by atoms with E-state index < -0.39 is 0 Å².